The molecular weight excluding hydrogens is 350 g/mol. The lowest BCUT2D eigenvalue weighted by Crippen LogP contribution is -2.04. The number of hydrogen-bond acceptors (Lipinski definition) is 5. The first-order valence-electron chi connectivity index (χ1n) is 6.39. The number of nitrogens with zero attached hydrogens (tertiary/aromatic N) is 5. The predicted octanol–water partition coefficient (Wildman–Crippen LogP) is 3.06. The van der Waals surface area contributed by atoms with Crippen LogP contribution in [-0.2, 0) is 6.54 Å². The molecule has 0 amide bonds. The van der Waals surface area contributed by atoms with Crippen molar-refractivity contribution in [3.63, 3.8) is 0 Å². The SMILES string of the molecule is O=[N+]([O-])c1ccc(Cn2nnc(-c3ccccc3Br)n2)cc1. The highest BCUT2D eigenvalue weighted by Crippen LogP contribution is 2.24. The van der Waals surface area contributed by atoms with Gasteiger partial charge in [-0.3, -0.25) is 10.1 Å². The molecule has 8 heteroatoms. The van der Waals surface area contributed by atoms with Crippen LogP contribution >= 0.6 is 15.9 Å². The summed E-state index contributed by atoms with van der Waals surface area (Å²) in [6.45, 7) is 0.398. The standard InChI is InChI=1S/C14H10BrN5O2/c15-13-4-2-1-3-12(13)14-16-18-19(17-14)9-10-5-7-11(8-6-10)20(21)22/h1-8H,9H2. The van der Waals surface area contributed by atoms with E-state index in [1.807, 2.05) is 24.3 Å². The van der Waals surface area contributed by atoms with Gasteiger partial charge in [-0.15, -0.1) is 10.2 Å². The van der Waals surface area contributed by atoms with E-state index in [0.29, 0.717) is 12.4 Å². The normalized spacial score (nSPS) is 10.6. The van der Waals surface area contributed by atoms with E-state index in [2.05, 4.69) is 31.3 Å². The van der Waals surface area contributed by atoms with Crippen LogP contribution in [0.3, 0.4) is 0 Å². The van der Waals surface area contributed by atoms with E-state index in [1.165, 1.54) is 16.9 Å². The van der Waals surface area contributed by atoms with Gasteiger partial charge >= 0.3 is 0 Å². The first-order chi connectivity index (χ1) is 10.6. The molecule has 0 bridgehead atoms. The van der Waals surface area contributed by atoms with Crippen molar-refractivity contribution in [2.75, 3.05) is 0 Å². The molecule has 0 saturated carbocycles. The largest absolute Gasteiger partial charge is 0.269 e. The summed E-state index contributed by atoms with van der Waals surface area (Å²) in [6.07, 6.45) is 0. The third kappa shape index (κ3) is 3.01. The summed E-state index contributed by atoms with van der Waals surface area (Å²) in [5.41, 5.74) is 1.78. The van der Waals surface area contributed by atoms with Crippen LogP contribution in [0.15, 0.2) is 53.0 Å². The van der Waals surface area contributed by atoms with Gasteiger partial charge in [-0.1, -0.05) is 40.2 Å². The van der Waals surface area contributed by atoms with E-state index in [9.17, 15) is 10.1 Å². The van der Waals surface area contributed by atoms with Crippen LogP contribution in [0.25, 0.3) is 11.4 Å². The Labute approximate surface area is 133 Å². The van der Waals surface area contributed by atoms with E-state index in [4.69, 9.17) is 0 Å². The number of benzene rings is 2. The number of non-ortho nitro benzene ring substituents is 1. The topological polar surface area (TPSA) is 86.7 Å². The summed E-state index contributed by atoms with van der Waals surface area (Å²) in [5, 5.41) is 23.0. The minimum atomic E-state index is -0.428. The predicted molar refractivity (Wildman–Crippen MR) is 83.2 cm³/mol. The minimum Gasteiger partial charge on any atom is -0.258 e. The van der Waals surface area contributed by atoms with Gasteiger partial charge in [0.2, 0.25) is 5.82 Å². The smallest absolute Gasteiger partial charge is 0.258 e. The highest BCUT2D eigenvalue weighted by molar-refractivity contribution is 9.10. The minimum absolute atomic E-state index is 0.0594. The van der Waals surface area contributed by atoms with E-state index < -0.39 is 4.92 Å². The van der Waals surface area contributed by atoms with E-state index in [0.717, 1.165) is 15.6 Å². The van der Waals surface area contributed by atoms with Gasteiger partial charge in [-0.05, 0) is 22.9 Å². The molecule has 0 aliphatic rings. The number of rotatable bonds is 4. The van der Waals surface area contributed by atoms with Crippen molar-refractivity contribution < 1.29 is 4.92 Å². The third-order valence-corrected chi connectivity index (χ3v) is 3.73. The molecule has 0 atom stereocenters. The highest BCUT2D eigenvalue weighted by atomic mass is 79.9. The van der Waals surface area contributed by atoms with Crippen LogP contribution in [0.5, 0.6) is 0 Å². The molecule has 1 aromatic heterocycles. The molecule has 0 fully saturated rings. The third-order valence-electron chi connectivity index (χ3n) is 3.04. The molecule has 7 nitrogen and oxygen atoms in total. The lowest BCUT2D eigenvalue weighted by Gasteiger charge is -1.99. The molecule has 0 aliphatic heterocycles. The molecule has 3 rings (SSSR count). The molecule has 0 saturated heterocycles. The van der Waals surface area contributed by atoms with Crippen molar-refractivity contribution in [2.24, 2.45) is 0 Å². The molecule has 0 aliphatic carbocycles. The summed E-state index contributed by atoms with van der Waals surface area (Å²) in [6, 6.07) is 13.9. The molecule has 2 aromatic carbocycles. The zero-order valence-electron chi connectivity index (χ0n) is 11.3. The molecule has 110 valence electrons. The number of nitro benzene ring substituents is 1. The Morgan fingerprint density at radius 1 is 1.14 bits per heavy atom. The van der Waals surface area contributed by atoms with Crippen molar-refractivity contribution >= 4 is 21.6 Å². The van der Waals surface area contributed by atoms with Crippen molar-refractivity contribution in [3.8, 4) is 11.4 Å². The van der Waals surface area contributed by atoms with Crippen molar-refractivity contribution in [3.05, 3.63) is 68.7 Å². The van der Waals surface area contributed by atoms with Crippen molar-refractivity contribution in [2.45, 2.75) is 6.54 Å². The average Bonchev–Trinajstić information content (AvgIpc) is 2.96. The second-order valence-electron chi connectivity index (χ2n) is 4.55. The number of tetrazole rings is 1. The monoisotopic (exact) mass is 359 g/mol. The van der Waals surface area contributed by atoms with Crippen LogP contribution in [0.1, 0.15) is 5.56 Å². The zero-order chi connectivity index (χ0) is 15.5. The molecular formula is C14H10BrN5O2. The fraction of sp³-hybridized carbons (Fsp3) is 0.0714. The number of nitro groups is 1. The molecule has 1 heterocycles. The average molecular weight is 360 g/mol. The number of halogens is 1. The summed E-state index contributed by atoms with van der Waals surface area (Å²) in [5.74, 6) is 0.523. The van der Waals surface area contributed by atoms with Crippen LogP contribution < -0.4 is 0 Å². The van der Waals surface area contributed by atoms with Gasteiger partial charge in [0, 0.05) is 22.2 Å². The van der Waals surface area contributed by atoms with Gasteiger partial charge in [-0.2, -0.15) is 4.80 Å². The van der Waals surface area contributed by atoms with Crippen molar-refractivity contribution in [1.82, 2.24) is 20.2 Å². The molecule has 0 radical (unpaired) electrons. The van der Waals surface area contributed by atoms with Crippen LogP contribution in [-0.4, -0.2) is 25.1 Å². The first-order valence-corrected chi connectivity index (χ1v) is 7.19. The van der Waals surface area contributed by atoms with E-state index in [-0.39, 0.29) is 5.69 Å². The Morgan fingerprint density at radius 2 is 1.86 bits per heavy atom. The van der Waals surface area contributed by atoms with Gasteiger partial charge in [-0.25, -0.2) is 0 Å². The maximum absolute atomic E-state index is 10.6. The lowest BCUT2D eigenvalue weighted by atomic mass is 10.2. The molecule has 0 unspecified atom stereocenters. The maximum Gasteiger partial charge on any atom is 0.269 e. The summed E-state index contributed by atoms with van der Waals surface area (Å²) in [7, 11) is 0. The Hall–Kier alpha value is -2.61. The number of aromatic nitrogens is 4. The Kier molecular flexibility index (Phi) is 3.92. The summed E-state index contributed by atoms with van der Waals surface area (Å²) in [4.78, 5) is 11.7. The summed E-state index contributed by atoms with van der Waals surface area (Å²) >= 11 is 3.45. The van der Waals surface area contributed by atoms with Crippen LogP contribution in [0.4, 0.5) is 5.69 Å². The molecule has 0 spiro atoms. The quantitative estimate of drug-likeness (QED) is 0.527. The first kappa shape index (κ1) is 14.3. The van der Waals surface area contributed by atoms with Gasteiger partial charge in [0.1, 0.15) is 0 Å². The van der Waals surface area contributed by atoms with Gasteiger partial charge in [0.05, 0.1) is 11.5 Å². The van der Waals surface area contributed by atoms with E-state index in [1.54, 1.807) is 12.1 Å². The maximum atomic E-state index is 10.6. The highest BCUT2D eigenvalue weighted by Gasteiger charge is 2.10. The molecule has 3 aromatic rings. The van der Waals surface area contributed by atoms with Crippen molar-refractivity contribution in [1.29, 1.82) is 0 Å². The number of hydrogen-bond donors (Lipinski definition) is 0. The van der Waals surface area contributed by atoms with Crippen LogP contribution in [0, 0.1) is 10.1 Å². The summed E-state index contributed by atoms with van der Waals surface area (Å²) < 4.78 is 0.893. The second kappa shape index (κ2) is 6.02. The van der Waals surface area contributed by atoms with E-state index >= 15 is 0 Å². The van der Waals surface area contributed by atoms with Gasteiger partial charge in [0.25, 0.3) is 5.69 Å². The van der Waals surface area contributed by atoms with Crippen LogP contribution in [0.2, 0.25) is 0 Å². The fourth-order valence-corrected chi connectivity index (χ4v) is 2.41. The van der Waals surface area contributed by atoms with Gasteiger partial charge in [0.15, 0.2) is 0 Å². The molecule has 22 heavy (non-hydrogen) atoms. The fourth-order valence-electron chi connectivity index (χ4n) is 1.95. The van der Waals surface area contributed by atoms with Gasteiger partial charge < -0.3 is 0 Å². The lowest BCUT2D eigenvalue weighted by molar-refractivity contribution is -0.384. The second-order valence-corrected chi connectivity index (χ2v) is 5.40. The Bertz CT molecular complexity index is 816. The Morgan fingerprint density at radius 3 is 2.55 bits per heavy atom. The Balaban J connectivity index is 1.80. The zero-order valence-corrected chi connectivity index (χ0v) is 12.8. The molecule has 0 N–H and O–H groups in total.